The number of hydrogen-bond donors (Lipinski definition) is 3. The quantitative estimate of drug-likeness (QED) is 0.701. The van der Waals surface area contributed by atoms with Gasteiger partial charge in [0.1, 0.15) is 0 Å². The van der Waals surface area contributed by atoms with Crippen LogP contribution in [0.3, 0.4) is 0 Å². The number of carbonyl (C=O) groups is 2. The van der Waals surface area contributed by atoms with E-state index >= 15 is 0 Å². The number of aliphatic hydroxyl groups excluding tert-OH is 1. The largest absolute Gasteiger partial charge is 0.481 e. The van der Waals surface area contributed by atoms with Crippen LogP contribution in [0.25, 0.3) is 0 Å². The highest BCUT2D eigenvalue weighted by Gasteiger charge is 2.21. The van der Waals surface area contributed by atoms with Crippen LogP contribution in [0.4, 0.5) is 0 Å². The van der Waals surface area contributed by atoms with Gasteiger partial charge >= 0.3 is 5.97 Å². The number of aliphatic carboxylic acids is 1. The van der Waals surface area contributed by atoms with E-state index in [0.29, 0.717) is 6.42 Å². The fourth-order valence-electron chi connectivity index (χ4n) is 1.64. The molecule has 0 aromatic heterocycles. The standard InChI is InChI=1S/C13H16BrNO4/c14-11-3-1-9(2-4-11)7-10(13(18)19)8-12(17)15-5-6-16/h1-4,10,16H,5-8H2,(H,15,17)(H,18,19). The Bertz CT molecular complexity index is 433. The molecular formula is C13H16BrNO4. The molecule has 1 amide bonds. The molecule has 0 fully saturated rings. The summed E-state index contributed by atoms with van der Waals surface area (Å²) in [5.41, 5.74) is 0.866. The first-order valence-corrected chi connectivity index (χ1v) is 6.67. The van der Waals surface area contributed by atoms with Crippen LogP contribution in [0.2, 0.25) is 0 Å². The second kappa shape index (κ2) is 7.91. The molecule has 1 unspecified atom stereocenters. The Morgan fingerprint density at radius 1 is 1.26 bits per heavy atom. The van der Waals surface area contributed by atoms with Crippen LogP contribution in [0, 0.1) is 5.92 Å². The van der Waals surface area contributed by atoms with Crippen molar-refractivity contribution in [2.45, 2.75) is 12.8 Å². The summed E-state index contributed by atoms with van der Waals surface area (Å²) in [6.45, 7) is -0.0142. The van der Waals surface area contributed by atoms with E-state index in [4.69, 9.17) is 10.2 Å². The minimum atomic E-state index is -0.998. The van der Waals surface area contributed by atoms with Gasteiger partial charge in [0.05, 0.1) is 12.5 Å². The summed E-state index contributed by atoms with van der Waals surface area (Å²) in [4.78, 5) is 22.6. The summed E-state index contributed by atoms with van der Waals surface area (Å²) >= 11 is 3.31. The molecule has 0 aliphatic rings. The van der Waals surface area contributed by atoms with Gasteiger partial charge in [-0.25, -0.2) is 0 Å². The number of benzene rings is 1. The normalized spacial score (nSPS) is 11.9. The van der Waals surface area contributed by atoms with Crippen molar-refractivity contribution >= 4 is 27.8 Å². The van der Waals surface area contributed by atoms with Gasteiger partial charge in [-0.1, -0.05) is 28.1 Å². The van der Waals surface area contributed by atoms with E-state index in [-0.39, 0.29) is 25.5 Å². The molecule has 104 valence electrons. The summed E-state index contributed by atoms with van der Waals surface area (Å²) in [6, 6.07) is 7.32. The van der Waals surface area contributed by atoms with Crippen molar-refractivity contribution in [1.29, 1.82) is 0 Å². The number of carboxylic acids is 1. The lowest BCUT2D eigenvalue weighted by atomic mass is 9.96. The van der Waals surface area contributed by atoms with E-state index in [1.807, 2.05) is 24.3 Å². The molecule has 6 heteroatoms. The zero-order valence-electron chi connectivity index (χ0n) is 10.3. The van der Waals surface area contributed by atoms with E-state index in [9.17, 15) is 9.59 Å². The number of hydrogen-bond acceptors (Lipinski definition) is 3. The molecular weight excluding hydrogens is 314 g/mol. The average molecular weight is 330 g/mol. The molecule has 0 heterocycles. The first-order chi connectivity index (χ1) is 9.02. The van der Waals surface area contributed by atoms with Gasteiger partial charge < -0.3 is 15.5 Å². The third kappa shape index (κ3) is 5.85. The topological polar surface area (TPSA) is 86.6 Å². The molecule has 5 nitrogen and oxygen atoms in total. The molecule has 0 saturated heterocycles. The van der Waals surface area contributed by atoms with Crippen molar-refractivity contribution in [3.05, 3.63) is 34.3 Å². The van der Waals surface area contributed by atoms with E-state index in [2.05, 4.69) is 21.2 Å². The number of carboxylic acid groups (broad SMARTS) is 1. The fraction of sp³-hybridized carbons (Fsp3) is 0.385. The van der Waals surface area contributed by atoms with Crippen LogP contribution in [0.1, 0.15) is 12.0 Å². The highest BCUT2D eigenvalue weighted by atomic mass is 79.9. The SMILES string of the molecule is O=C(CC(Cc1ccc(Br)cc1)C(=O)O)NCCO. The molecule has 0 spiro atoms. The summed E-state index contributed by atoms with van der Waals surface area (Å²) in [5.74, 6) is -2.12. The molecule has 1 aromatic rings. The van der Waals surface area contributed by atoms with Crippen molar-refractivity contribution in [2.24, 2.45) is 5.92 Å². The maximum atomic E-state index is 11.5. The number of aliphatic hydroxyl groups is 1. The van der Waals surface area contributed by atoms with Gasteiger partial charge in [-0.3, -0.25) is 9.59 Å². The Morgan fingerprint density at radius 3 is 2.42 bits per heavy atom. The van der Waals surface area contributed by atoms with Crippen LogP contribution in [0.15, 0.2) is 28.7 Å². The summed E-state index contributed by atoms with van der Waals surface area (Å²) in [7, 11) is 0. The highest BCUT2D eigenvalue weighted by molar-refractivity contribution is 9.10. The molecule has 0 aliphatic heterocycles. The third-order valence-electron chi connectivity index (χ3n) is 2.61. The van der Waals surface area contributed by atoms with Crippen LogP contribution in [0.5, 0.6) is 0 Å². The Hall–Kier alpha value is -1.40. The van der Waals surface area contributed by atoms with Crippen LogP contribution in [-0.2, 0) is 16.0 Å². The zero-order valence-corrected chi connectivity index (χ0v) is 11.9. The van der Waals surface area contributed by atoms with Gasteiger partial charge in [-0.15, -0.1) is 0 Å². The Kier molecular flexibility index (Phi) is 6.52. The molecule has 0 bridgehead atoms. The molecule has 0 aliphatic carbocycles. The molecule has 0 radical (unpaired) electrons. The predicted molar refractivity (Wildman–Crippen MR) is 73.7 cm³/mol. The van der Waals surface area contributed by atoms with Gasteiger partial charge in [0.15, 0.2) is 0 Å². The minimum Gasteiger partial charge on any atom is -0.481 e. The van der Waals surface area contributed by atoms with Gasteiger partial charge in [0.25, 0.3) is 0 Å². The van der Waals surface area contributed by atoms with Crippen LogP contribution >= 0.6 is 15.9 Å². The number of nitrogens with one attached hydrogen (secondary N) is 1. The Morgan fingerprint density at radius 2 is 1.89 bits per heavy atom. The first kappa shape index (κ1) is 15.7. The summed E-state index contributed by atoms with van der Waals surface area (Å²) in [6.07, 6.45) is 0.209. The maximum absolute atomic E-state index is 11.5. The number of halogens is 1. The lowest BCUT2D eigenvalue weighted by molar-refractivity contribution is -0.144. The van der Waals surface area contributed by atoms with E-state index in [0.717, 1.165) is 10.0 Å². The second-order valence-corrected chi connectivity index (χ2v) is 5.06. The van der Waals surface area contributed by atoms with Crippen molar-refractivity contribution in [1.82, 2.24) is 5.32 Å². The maximum Gasteiger partial charge on any atom is 0.307 e. The monoisotopic (exact) mass is 329 g/mol. The Labute approximate surface area is 119 Å². The number of amides is 1. The smallest absolute Gasteiger partial charge is 0.307 e. The van der Waals surface area contributed by atoms with E-state index in [1.165, 1.54) is 0 Å². The average Bonchev–Trinajstić information content (AvgIpc) is 2.38. The van der Waals surface area contributed by atoms with Crippen molar-refractivity contribution in [3.8, 4) is 0 Å². The van der Waals surface area contributed by atoms with Gasteiger partial charge in [0.2, 0.25) is 5.91 Å². The molecule has 0 saturated carbocycles. The number of carbonyl (C=O) groups excluding carboxylic acids is 1. The van der Waals surface area contributed by atoms with Gasteiger partial charge in [-0.2, -0.15) is 0 Å². The van der Waals surface area contributed by atoms with Crippen LogP contribution in [-0.4, -0.2) is 35.2 Å². The third-order valence-corrected chi connectivity index (χ3v) is 3.14. The predicted octanol–water partition coefficient (Wildman–Crippen LogP) is 1.19. The van der Waals surface area contributed by atoms with Crippen LogP contribution < -0.4 is 5.32 Å². The van der Waals surface area contributed by atoms with Crippen molar-refractivity contribution in [3.63, 3.8) is 0 Å². The minimum absolute atomic E-state index is 0.0919. The molecule has 1 rings (SSSR count). The van der Waals surface area contributed by atoms with Gasteiger partial charge in [0, 0.05) is 17.4 Å². The van der Waals surface area contributed by atoms with Crippen molar-refractivity contribution in [2.75, 3.05) is 13.2 Å². The molecule has 3 N–H and O–H groups in total. The number of rotatable bonds is 7. The fourth-order valence-corrected chi connectivity index (χ4v) is 1.91. The first-order valence-electron chi connectivity index (χ1n) is 5.87. The van der Waals surface area contributed by atoms with E-state index < -0.39 is 11.9 Å². The lowest BCUT2D eigenvalue weighted by Gasteiger charge is -2.12. The van der Waals surface area contributed by atoms with Gasteiger partial charge in [-0.05, 0) is 24.1 Å². The van der Waals surface area contributed by atoms with Crippen molar-refractivity contribution < 1.29 is 19.8 Å². The summed E-state index contributed by atoms with van der Waals surface area (Å²) in [5, 5.41) is 20.2. The molecule has 19 heavy (non-hydrogen) atoms. The lowest BCUT2D eigenvalue weighted by Crippen LogP contribution is -2.31. The highest BCUT2D eigenvalue weighted by Crippen LogP contribution is 2.16. The molecule has 1 atom stereocenters. The second-order valence-electron chi connectivity index (χ2n) is 4.14. The zero-order chi connectivity index (χ0) is 14.3. The summed E-state index contributed by atoms with van der Waals surface area (Å²) < 4.78 is 0.920. The van der Waals surface area contributed by atoms with E-state index in [1.54, 1.807) is 0 Å². The molecule has 1 aromatic carbocycles. The Balaban J connectivity index is 2.60.